The number of aliphatic hydroxyl groups is 1. The van der Waals surface area contributed by atoms with E-state index in [4.69, 9.17) is 5.11 Å². The average Bonchev–Trinajstić information content (AvgIpc) is 2.02. The lowest BCUT2D eigenvalue weighted by Crippen LogP contribution is -2.32. The molecule has 0 aliphatic carbocycles. The van der Waals surface area contributed by atoms with Crippen LogP contribution in [-0.2, 0) is 4.57 Å². The summed E-state index contributed by atoms with van der Waals surface area (Å²) in [6.45, 7) is 2.12. The van der Waals surface area contributed by atoms with Crippen molar-refractivity contribution in [3.63, 3.8) is 0 Å². The molecule has 0 rings (SSSR count). The van der Waals surface area contributed by atoms with E-state index in [2.05, 4.69) is 0 Å². The summed E-state index contributed by atoms with van der Waals surface area (Å²) in [5, 5.41) is 8.61. The molecular formula is C9H22NO2P+. The zero-order chi connectivity index (χ0) is 10.5. The van der Waals surface area contributed by atoms with Gasteiger partial charge in [0.1, 0.15) is 0 Å². The van der Waals surface area contributed by atoms with Gasteiger partial charge in [-0.15, -0.1) is 0 Å². The van der Waals surface area contributed by atoms with Gasteiger partial charge in [0.15, 0.2) is 0 Å². The Labute approximate surface area is 81.8 Å². The number of rotatable bonds is 6. The Kier molecular flexibility index (Phi) is 5.19. The van der Waals surface area contributed by atoms with Gasteiger partial charge >= 0.3 is 0 Å². The van der Waals surface area contributed by atoms with Gasteiger partial charge in [-0.2, -0.15) is 0 Å². The topological polar surface area (TPSA) is 37.3 Å². The van der Waals surface area contributed by atoms with Gasteiger partial charge in [-0.25, -0.2) is 0 Å². The van der Waals surface area contributed by atoms with Crippen LogP contribution < -0.4 is 0 Å². The second-order valence-corrected chi connectivity index (χ2v) is 7.98. The molecule has 0 fully saturated rings. The molecule has 0 aliphatic rings. The summed E-state index contributed by atoms with van der Waals surface area (Å²) >= 11 is 0. The minimum Gasteiger partial charge on any atom is -0.396 e. The first-order valence-corrected chi connectivity index (χ1v) is 6.73. The molecule has 13 heavy (non-hydrogen) atoms. The molecule has 0 heterocycles. The van der Waals surface area contributed by atoms with E-state index in [1.54, 1.807) is 0 Å². The molecule has 0 bridgehead atoms. The molecule has 1 atom stereocenters. The fourth-order valence-corrected chi connectivity index (χ4v) is 3.37. The summed E-state index contributed by atoms with van der Waals surface area (Å²) in [6.07, 6.45) is 3.93. The monoisotopic (exact) mass is 207 g/mol. The Morgan fingerprint density at radius 1 is 1.38 bits per heavy atom. The van der Waals surface area contributed by atoms with Gasteiger partial charge in [-0.1, -0.05) is 6.92 Å². The molecule has 0 saturated carbocycles. The summed E-state index contributed by atoms with van der Waals surface area (Å²) in [4.78, 5) is 0. The van der Waals surface area contributed by atoms with Crippen molar-refractivity contribution in [2.24, 2.45) is 0 Å². The molecule has 0 aromatic carbocycles. The van der Waals surface area contributed by atoms with E-state index >= 15 is 0 Å². The molecule has 1 N–H and O–H groups in total. The fourth-order valence-electron chi connectivity index (χ4n) is 1.18. The molecule has 0 aromatic heterocycles. The first kappa shape index (κ1) is 13.2. The lowest BCUT2D eigenvalue weighted by atomic mass is 10.4. The van der Waals surface area contributed by atoms with E-state index in [9.17, 15) is 4.57 Å². The van der Waals surface area contributed by atoms with Crippen molar-refractivity contribution in [2.75, 3.05) is 40.1 Å². The minimum absolute atomic E-state index is 0.154. The summed E-state index contributed by atoms with van der Waals surface area (Å²) in [6, 6.07) is 0. The highest BCUT2D eigenvalue weighted by molar-refractivity contribution is 7.58. The van der Waals surface area contributed by atoms with Crippen molar-refractivity contribution < 1.29 is 13.9 Å². The van der Waals surface area contributed by atoms with Crippen LogP contribution >= 0.6 is 7.29 Å². The minimum atomic E-state index is -2.14. The highest BCUT2D eigenvalue weighted by Crippen LogP contribution is 2.52. The normalized spacial score (nSPS) is 17.0. The Hall–Kier alpha value is 0.150. The van der Waals surface area contributed by atoms with Crippen LogP contribution in [0.1, 0.15) is 13.3 Å². The largest absolute Gasteiger partial charge is 0.396 e. The standard InChI is InChI=1S/C9H22NO2P/c1-5-13(12,10(2,3)4)9-7-6-8-11/h7,11H,5-6,8-9H2,1-4H3/q+1. The van der Waals surface area contributed by atoms with Crippen LogP contribution in [0, 0.1) is 6.42 Å². The number of aliphatic hydroxyl groups excluding tert-OH is 1. The lowest BCUT2D eigenvalue weighted by Gasteiger charge is -2.33. The average molecular weight is 207 g/mol. The summed E-state index contributed by atoms with van der Waals surface area (Å²) in [7, 11) is 3.76. The molecule has 0 saturated heterocycles. The van der Waals surface area contributed by atoms with Crippen LogP contribution in [0.2, 0.25) is 0 Å². The lowest BCUT2D eigenvalue weighted by molar-refractivity contribution is -0.746. The van der Waals surface area contributed by atoms with Gasteiger partial charge in [0, 0.05) is 12.8 Å². The summed E-state index contributed by atoms with van der Waals surface area (Å²) in [5.41, 5.74) is 0. The third-order valence-corrected chi connectivity index (χ3v) is 6.34. The third kappa shape index (κ3) is 3.80. The highest BCUT2D eigenvalue weighted by Gasteiger charge is 2.34. The van der Waals surface area contributed by atoms with Gasteiger partial charge in [0.2, 0.25) is 7.29 Å². The van der Waals surface area contributed by atoms with Crippen molar-refractivity contribution in [1.82, 2.24) is 0 Å². The first-order valence-electron chi connectivity index (χ1n) is 4.70. The zero-order valence-corrected chi connectivity index (χ0v) is 10.1. The van der Waals surface area contributed by atoms with Crippen molar-refractivity contribution in [1.29, 1.82) is 0 Å². The molecule has 1 unspecified atom stereocenters. The van der Waals surface area contributed by atoms with Gasteiger partial charge in [-0.05, 0) is 12.8 Å². The molecule has 1 radical (unpaired) electrons. The quantitative estimate of drug-likeness (QED) is 0.530. The van der Waals surface area contributed by atoms with E-state index in [-0.39, 0.29) is 6.61 Å². The van der Waals surface area contributed by atoms with Crippen LogP contribution in [-0.4, -0.2) is 49.4 Å². The molecule has 0 aliphatic heterocycles. The van der Waals surface area contributed by atoms with Crippen LogP contribution in [0.5, 0.6) is 0 Å². The molecule has 0 amide bonds. The molecule has 79 valence electrons. The second kappa shape index (κ2) is 5.14. The zero-order valence-electron chi connectivity index (χ0n) is 9.16. The Morgan fingerprint density at radius 2 is 1.92 bits per heavy atom. The number of hydrogen-bond donors (Lipinski definition) is 1. The number of unbranched alkanes of at least 4 members (excludes halogenated alkanes) is 1. The van der Waals surface area contributed by atoms with Gasteiger partial charge in [0.05, 0.1) is 27.3 Å². The molecule has 0 aromatic rings. The predicted molar refractivity (Wildman–Crippen MR) is 57.0 cm³/mol. The Balaban J connectivity index is 4.22. The second-order valence-electron chi connectivity index (χ2n) is 4.09. The van der Waals surface area contributed by atoms with Crippen molar-refractivity contribution in [3.8, 4) is 0 Å². The Bertz CT molecular complexity index is 187. The molecule has 0 spiro atoms. The number of quaternary nitrogens is 1. The SMILES string of the molecule is CCP(=O)(C[CH]CCO)[N+](C)(C)C. The van der Waals surface area contributed by atoms with Gasteiger partial charge in [0.25, 0.3) is 0 Å². The predicted octanol–water partition coefficient (Wildman–Crippen LogP) is 1.58. The maximum absolute atomic E-state index is 12.3. The molecule has 4 heteroatoms. The number of nitrogens with zero attached hydrogens (tertiary/aromatic N) is 1. The van der Waals surface area contributed by atoms with E-state index in [1.807, 2.05) is 34.5 Å². The van der Waals surface area contributed by atoms with Crippen molar-refractivity contribution >= 4 is 7.29 Å². The van der Waals surface area contributed by atoms with Gasteiger partial charge < -0.3 is 5.11 Å². The smallest absolute Gasteiger partial charge is 0.247 e. The van der Waals surface area contributed by atoms with E-state index in [1.165, 1.54) is 0 Å². The van der Waals surface area contributed by atoms with E-state index in [0.29, 0.717) is 16.8 Å². The first-order chi connectivity index (χ1) is 5.87. The maximum atomic E-state index is 12.3. The van der Waals surface area contributed by atoms with Crippen LogP contribution in [0.3, 0.4) is 0 Å². The van der Waals surface area contributed by atoms with E-state index < -0.39 is 7.29 Å². The van der Waals surface area contributed by atoms with Gasteiger partial charge in [-0.3, -0.25) is 8.82 Å². The number of hydrogen-bond acceptors (Lipinski definition) is 2. The van der Waals surface area contributed by atoms with Crippen molar-refractivity contribution in [2.45, 2.75) is 13.3 Å². The van der Waals surface area contributed by atoms with Crippen LogP contribution in [0.25, 0.3) is 0 Å². The van der Waals surface area contributed by atoms with Crippen LogP contribution in [0.4, 0.5) is 0 Å². The molecular weight excluding hydrogens is 185 g/mol. The summed E-state index contributed by atoms with van der Waals surface area (Å²) < 4.78 is 12.9. The van der Waals surface area contributed by atoms with Crippen molar-refractivity contribution in [3.05, 3.63) is 6.42 Å². The molecule has 3 nitrogen and oxygen atoms in total. The third-order valence-electron chi connectivity index (χ3n) is 2.34. The van der Waals surface area contributed by atoms with Crippen LogP contribution in [0.15, 0.2) is 0 Å². The fraction of sp³-hybridized carbons (Fsp3) is 0.889. The van der Waals surface area contributed by atoms with E-state index in [0.717, 1.165) is 6.16 Å². The summed E-state index contributed by atoms with van der Waals surface area (Å²) in [5.74, 6) is 0. The highest BCUT2D eigenvalue weighted by atomic mass is 31.2. The maximum Gasteiger partial charge on any atom is 0.247 e. The Morgan fingerprint density at radius 3 is 2.23 bits per heavy atom.